The molecule has 1 aromatic heterocycles. The van der Waals surface area contributed by atoms with Crippen LogP contribution >= 0.6 is 0 Å². The standard InChI is InChI=1S/C14H15NO2/c1-3-6-10-7-5-8-12-11(10)9-13(15-12)14(16)17-4-2/h3,5,7-9,15H,1,4,6H2,2H3. The van der Waals surface area contributed by atoms with E-state index >= 15 is 0 Å². The van der Waals surface area contributed by atoms with Gasteiger partial charge < -0.3 is 9.72 Å². The van der Waals surface area contributed by atoms with Crippen LogP contribution in [0.15, 0.2) is 36.9 Å². The Hall–Kier alpha value is -2.03. The van der Waals surface area contributed by atoms with Crippen molar-refractivity contribution in [2.45, 2.75) is 13.3 Å². The number of allylic oxidation sites excluding steroid dienone is 1. The van der Waals surface area contributed by atoms with Crippen molar-refractivity contribution in [3.8, 4) is 0 Å². The maximum absolute atomic E-state index is 11.6. The van der Waals surface area contributed by atoms with Crippen LogP contribution in [0.2, 0.25) is 0 Å². The summed E-state index contributed by atoms with van der Waals surface area (Å²) < 4.78 is 4.97. The zero-order valence-electron chi connectivity index (χ0n) is 9.82. The Bertz CT molecular complexity index is 554. The molecular formula is C14H15NO2. The van der Waals surface area contributed by atoms with Crippen molar-refractivity contribution in [3.05, 3.63) is 48.2 Å². The van der Waals surface area contributed by atoms with Crippen molar-refractivity contribution >= 4 is 16.9 Å². The number of benzene rings is 1. The second-order valence-corrected chi connectivity index (χ2v) is 3.77. The van der Waals surface area contributed by atoms with Crippen LogP contribution in [-0.2, 0) is 11.2 Å². The number of hydrogen-bond donors (Lipinski definition) is 1. The molecule has 0 amide bonds. The van der Waals surface area contributed by atoms with E-state index in [1.807, 2.05) is 30.3 Å². The minimum absolute atomic E-state index is 0.312. The van der Waals surface area contributed by atoms with Crippen LogP contribution in [0.5, 0.6) is 0 Å². The predicted molar refractivity (Wildman–Crippen MR) is 68.2 cm³/mol. The van der Waals surface area contributed by atoms with E-state index < -0.39 is 0 Å². The first-order chi connectivity index (χ1) is 8.26. The Morgan fingerprint density at radius 3 is 3.06 bits per heavy atom. The van der Waals surface area contributed by atoms with Gasteiger partial charge in [-0.1, -0.05) is 18.2 Å². The second-order valence-electron chi connectivity index (χ2n) is 3.77. The molecular weight excluding hydrogens is 214 g/mol. The van der Waals surface area contributed by atoms with Gasteiger partial charge in [0.2, 0.25) is 0 Å². The summed E-state index contributed by atoms with van der Waals surface area (Å²) >= 11 is 0. The van der Waals surface area contributed by atoms with Gasteiger partial charge in [0, 0.05) is 10.9 Å². The van der Waals surface area contributed by atoms with Gasteiger partial charge in [0.1, 0.15) is 5.69 Å². The Kier molecular flexibility index (Phi) is 3.28. The summed E-state index contributed by atoms with van der Waals surface area (Å²) in [7, 11) is 0. The number of fused-ring (bicyclic) bond motifs is 1. The largest absolute Gasteiger partial charge is 0.461 e. The lowest BCUT2D eigenvalue weighted by molar-refractivity contribution is 0.0520. The van der Waals surface area contributed by atoms with E-state index in [1.165, 1.54) is 0 Å². The molecule has 0 aliphatic rings. The lowest BCUT2D eigenvalue weighted by atomic mass is 10.1. The number of hydrogen-bond acceptors (Lipinski definition) is 2. The fourth-order valence-electron chi connectivity index (χ4n) is 1.87. The first-order valence-corrected chi connectivity index (χ1v) is 5.65. The monoisotopic (exact) mass is 229 g/mol. The zero-order valence-corrected chi connectivity index (χ0v) is 9.82. The van der Waals surface area contributed by atoms with E-state index in [0.29, 0.717) is 12.3 Å². The van der Waals surface area contributed by atoms with Gasteiger partial charge in [-0.05, 0) is 31.0 Å². The normalized spacial score (nSPS) is 10.4. The topological polar surface area (TPSA) is 42.1 Å². The SMILES string of the molecule is C=CCc1cccc2[nH]c(C(=O)OCC)cc12. The number of aromatic amines is 1. The molecule has 0 aliphatic carbocycles. The summed E-state index contributed by atoms with van der Waals surface area (Å²) in [5.41, 5.74) is 2.61. The molecule has 0 bridgehead atoms. The van der Waals surface area contributed by atoms with E-state index in [2.05, 4.69) is 11.6 Å². The van der Waals surface area contributed by atoms with E-state index in [0.717, 1.165) is 22.9 Å². The minimum Gasteiger partial charge on any atom is -0.461 e. The Morgan fingerprint density at radius 2 is 2.35 bits per heavy atom. The van der Waals surface area contributed by atoms with Crippen molar-refractivity contribution in [1.29, 1.82) is 0 Å². The molecule has 3 heteroatoms. The van der Waals surface area contributed by atoms with Crippen molar-refractivity contribution in [2.24, 2.45) is 0 Å². The van der Waals surface area contributed by atoms with Crippen LogP contribution in [0.4, 0.5) is 0 Å². The van der Waals surface area contributed by atoms with E-state index in [4.69, 9.17) is 4.74 Å². The fourth-order valence-corrected chi connectivity index (χ4v) is 1.87. The van der Waals surface area contributed by atoms with E-state index in [9.17, 15) is 4.79 Å². The van der Waals surface area contributed by atoms with Crippen LogP contribution in [-0.4, -0.2) is 17.6 Å². The molecule has 0 radical (unpaired) electrons. The first-order valence-electron chi connectivity index (χ1n) is 5.65. The van der Waals surface area contributed by atoms with Crippen molar-refractivity contribution in [1.82, 2.24) is 4.98 Å². The van der Waals surface area contributed by atoms with Crippen molar-refractivity contribution in [2.75, 3.05) is 6.61 Å². The molecule has 0 aliphatic heterocycles. The number of H-pyrrole nitrogens is 1. The third-order valence-corrected chi connectivity index (χ3v) is 2.61. The summed E-state index contributed by atoms with van der Waals surface area (Å²) in [6.07, 6.45) is 2.64. The summed E-state index contributed by atoms with van der Waals surface area (Å²) in [6.45, 7) is 5.91. The molecule has 2 aromatic rings. The third kappa shape index (κ3) is 2.23. The summed E-state index contributed by atoms with van der Waals surface area (Å²) in [5, 5.41) is 1.05. The molecule has 1 N–H and O–H groups in total. The van der Waals surface area contributed by atoms with Gasteiger partial charge in [-0.15, -0.1) is 6.58 Å². The first kappa shape index (κ1) is 11.5. The molecule has 0 saturated heterocycles. The molecule has 1 aromatic carbocycles. The Morgan fingerprint density at radius 1 is 1.53 bits per heavy atom. The number of rotatable bonds is 4. The lowest BCUT2D eigenvalue weighted by Crippen LogP contribution is -2.04. The van der Waals surface area contributed by atoms with Gasteiger partial charge in [0.05, 0.1) is 6.61 Å². The maximum atomic E-state index is 11.6. The summed E-state index contributed by atoms with van der Waals surface area (Å²) in [4.78, 5) is 14.7. The Balaban J connectivity index is 2.45. The highest BCUT2D eigenvalue weighted by molar-refractivity contribution is 5.96. The molecule has 2 rings (SSSR count). The third-order valence-electron chi connectivity index (χ3n) is 2.61. The number of nitrogens with one attached hydrogen (secondary N) is 1. The average Bonchev–Trinajstić information content (AvgIpc) is 2.75. The summed E-state index contributed by atoms with van der Waals surface area (Å²) in [6, 6.07) is 7.79. The van der Waals surface area contributed by atoms with Crippen LogP contribution in [0.25, 0.3) is 10.9 Å². The highest BCUT2D eigenvalue weighted by atomic mass is 16.5. The molecule has 17 heavy (non-hydrogen) atoms. The van der Waals surface area contributed by atoms with Crippen molar-refractivity contribution in [3.63, 3.8) is 0 Å². The molecule has 3 nitrogen and oxygen atoms in total. The van der Waals surface area contributed by atoms with Gasteiger partial charge in [0.25, 0.3) is 0 Å². The van der Waals surface area contributed by atoms with Crippen LogP contribution in [0.1, 0.15) is 23.0 Å². The lowest BCUT2D eigenvalue weighted by Gasteiger charge is -1.97. The van der Waals surface area contributed by atoms with E-state index in [1.54, 1.807) is 6.92 Å². The molecule has 0 fully saturated rings. The Labute approximate surface area is 100 Å². The van der Waals surface area contributed by atoms with Crippen LogP contribution in [0.3, 0.4) is 0 Å². The van der Waals surface area contributed by atoms with Crippen molar-refractivity contribution < 1.29 is 9.53 Å². The van der Waals surface area contributed by atoms with Gasteiger partial charge in [-0.25, -0.2) is 4.79 Å². The minimum atomic E-state index is -0.312. The van der Waals surface area contributed by atoms with Gasteiger partial charge in [-0.2, -0.15) is 0 Å². The highest BCUT2D eigenvalue weighted by Gasteiger charge is 2.11. The molecule has 1 heterocycles. The molecule has 0 saturated carbocycles. The highest BCUT2D eigenvalue weighted by Crippen LogP contribution is 2.21. The average molecular weight is 229 g/mol. The molecule has 0 atom stereocenters. The van der Waals surface area contributed by atoms with Crippen LogP contribution < -0.4 is 0 Å². The zero-order chi connectivity index (χ0) is 12.3. The molecule has 0 spiro atoms. The molecule has 88 valence electrons. The fraction of sp³-hybridized carbons (Fsp3) is 0.214. The second kappa shape index (κ2) is 4.87. The smallest absolute Gasteiger partial charge is 0.354 e. The van der Waals surface area contributed by atoms with Crippen LogP contribution in [0, 0.1) is 0 Å². The quantitative estimate of drug-likeness (QED) is 0.646. The number of esters is 1. The number of aromatic nitrogens is 1. The predicted octanol–water partition coefficient (Wildman–Crippen LogP) is 3.07. The van der Waals surface area contributed by atoms with E-state index in [-0.39, 0.29) is 5.97 Å². The number of ether oxygens (including phenoxy) is 1. The molecule has 0 unspecified atom stereocenters. The number of carbonyl (C=O) groups is 1. The maximum Gasteiger partial charge on any atom is 0.354 e. The van der Waals surface area contributed by atoms with Gasteiger partial charge >= 0.3 is 5.97 Å². The summed E-state index contributed by atoms with van der Waals surface area (Å²) in [5.74, 6) is -0.312. The number of carbonyl (C=O) groups excluding carboxylic acids is 1. The van der Waals surface area contributed by atoms with Gasteiger partial charge in [0.15, 0.2) is 0 Å². The van der Waals surface area contributed by atoms with Gasteiger partial charge in [-0.3, -0.25) is 0 Å².